The standard InChI is InChI=1S/C37H56IN9O9S/c1-22(33(38)48)43-35(50)29-20-24-8-10-30(55-16-13-40)26(19-24)27-21-25(9-11-31(27)56-17-14-41)32(36(51)44-23(2)34(49)45-29)47(4)37(52)28(7-5-6-12-39)46-57(53,54)18-15-42-3/h8-11,19,21-23,28-29,32,42,46H,5-7,12-18,20,39-41H2,1-4H3,(H,43,50)(H,44,51)(H,45,49)/t22-,23-,28-,29-,32-/m0/s1. The van der Waals surface area contributed by atoms with Gasteiger partial charge in [0.2, 0.25) is 37.4 Å². The molecule has 0 aromatic heterocycles. The van der Waals surface area contributed by atoms with Crippen molar-refractivity contribution in [1.82, 2.24) is 30.9 Å². The number of carbonyl (C=O) groups excluding carboxylic acids is 5. The predicted molar refractivity (Wildman–Crippen MR) is 224 cm³/mol. The quantitative estimate of drug-likeness (QED) is 0.0459. The van der Waals surface area contributed by atoms with Crippen LogP contribution in [0.2, 0.25) is 0 Å². The van der Waals surface area contributed by atoms with Crippen LogP contribution in [0.1, 0.15) is 50.3 Å². The van der Waals surface area contributed by atoms with Crippen LogP contribution in [-0.2, 0) is 40.4 Å². The maximum atomic E-state index is 14.4. The number of benzene rings is 2. The van der Waals surface area contributed by atoms with Crippen molar-refractivity contribution < 1.29 is 41.9 Å². The smallest absolute Gasteiger partial charge is 0.248 e. The zero-order valence-corrected chi connectivity index (χ0v) is 35.7. The number of unbranched alkanes of at least 4 members (excludes halogenated alkanes) is 1. The van der Waals surface area contributed by atoms with Gasteiger partial charge in [0, 0.05) is 66.8 Å². The zero-order valence-electron chi connectivity index (χ0n) is 32.8. The van der Waals surface area contributed by atoms with Crippen molar-refractivity contribution in [3.8, 4) is 22.6 Å². The van der Waals surface area contributed by atoms with E-state index < -0.39 is 63.9 Å². The number of ether oxygens (including phenoxy) is 2. The normalized spacial score (nSPS) is 18.3. The molecule has 3 rings (SSSR count). The van der Waals surface area contributed by atoms with Gasteiger partial charge in [0.05, 0.1) is 11.8 Å². The van der Waals surface area contributed by atoms with Crippen LogP contribution >= 0.6 is 22.6 Å². The number of nitrogens with zero attached hydrogens (tertiary/aromatic N) is 1. The zero-order chi connectivity index (χ0) is 42.3. The summed E-state index contributed by atoms with van der Waals surface area (Å²) >= 11 is 1.58. The summed E-state index contributed by atoms with van der Waals surface area (Å²) in [5, 5.41) is 10.8. The van der Waals surface area contributed by atoms with E-state index in [4.69, 9.17) is 26.7 Å². The number of nitrogens with two attached hydrogens (primary N) is 3. The number of halogens is 1. The van der Waals surface area contributed by atoms with Crippen LogP contribution in [0.25, 0.3) is 11.1 Å². The van der Waals surface area contributed by atoms with Gasteiger partial charge in [-0.3, -0.25) is 24.0 Å². The van der Waals surface area contributed by atoms with E-state index in [0.717, 1.165) is 4.90 Å². The van der Waals surface area contributed by atoms with Gasteiger partial charge < -0.3 is 52.8 Å². The number of rotatable bonds is 20. The predicted octanol–water partition coefficient (Wildman–Crippen LogP) is -0.824. The molecule has 11 N–H and O–H groups in total. The topological polar surface area (TPSA) is 279 Å². The molecule has 4 bridgehead atoms. The fourth-order valence-electron chi connectivity index (χ4n) is 6.06. The average Bonchev–Trinajstić information content (AvgIpc) is 3.17. The second-order valence-corrected chi connectivity index (χ2v) is 16.6. The van der Waals surface area contributed by atoms with E-state index in [-0.39, 0.29) is 55.2 Å². The Kier molecular flexibility index (Phi) is 19.0. The van der Waals surface area contributed by atoms with Gasteiger partial charge in [0.1, 0.15) is 48.9 Å². The van der Waals surface area contributed by atoms with Gasteiger partial charge in [0.15, 0.2) is 0 Å². The number of hydrogen-bond acceptors (Lipinski definition) is 13. The minimum absolute atomic E-state index is 0.0150. The Hall–Kier alpha value is -3.93. The summed E-state index contributed by atoms with van der Waals surface area (Å²) < 4.78 is 40.4. The third-order valence-electron chi connectivity index (χ3n) is 9.10. The minimum Gasteiger partial charge on any atom is -0.492 e. The summed E-state index contributed by atoms with van der Waals surface area (Å²) in [4.78, 5) is 69.2. The fraction of sp³-hybridized carbons (Fsp3) is 0.541. The van der Waals surface area contributed by atoms with Gasteiger partial charge in [-0.1, -0.05) is 18.6 Å². The van der Waals surface area contributed by atoms with Crippen LogP contribution in [0.4, 0.5) is 0 Å². The highest BCUT2D eigenvalue weighted by molar-refractivity contribution is 14.1. The molecule has 2 aromatic carbocycles. The molecule has 20 heteroatoms. The Balaban J connectivity index is 2.29. The summed E-state index contributed by atoms with van der Waals surface area (Å²) in [7, 11) is -0.958. The molecule has 5 atom stereocenters. The van der Waals surface area contributed by atoms with E-state index >= 15 is 0 Å². The van der Waals surface area contributed by atoms with Gasteiger partial charge >= 0.3 is 0 Å². The average molecular weight is 930 g/mol. The maximum Gasteiger partial charge on any atom is 0.248 e. The third-order valence-corrected chi connectivity index (χ3v) is 11.4. The Bertz CT molecular complexity index is 1840. The first-order chi connectivity index (χ1) is 27.1. The molecule has 0 aliphatic carbocycles. The molecule has 0 fully saturated rings. The lowest BCUT2D eigenvalue weighted by atomic mass is 9.93. The number of sulfonamides is 1. The van der Waals surface area contributed by atoms with Crippen molar-refractivity contribution in [3.63, 3.8) is 0 Å². The minimum atomic E-state index is -3.94. The SMILES string of the molecule is CNCCS(=O)(=O)N[C@@H](CCCCN)C(=O)N(C)[C@@H]1C(=O)N[C@@H](C)C(=O)N[C@H](C(=O)N[C@@H](C)C(=O)I)Cc2ccc(OCCN)c(c2)-c2cc1ccc2OCCN. The second kappa shape index (κ2) is 22.9. The number of likely N-dealkylation sites (N-methyl/N-ethyl adjacent to an activating group) is 1. The van der Waals surface area contributed by atoms with Gasteiger partial charge in [-0.05, 0) is 75.7 Å². The molecule has 0 saturated carbocycles. The maximum absolute atomic E-state index is 14.4. The Morgan fingerprint density at radius 1 is 0.947 bits per heavy atom. The molecule has 57 heavy (non-hydrogen) atoms. The largest absolute Gasteiger partial charge is 0.492 e. The van der Waals surface area contributed by atoms with Crippen LogP contribution in [0.3, 0.4) is 0 Å². The highest BCUT2D eigenvalue weighted by Crippen LogP contribution is 2.40. The molecular weight excluding hydrogens is 873 g/mol. The number of nitrogens with one attached hydrogen (secondary N) is 5. The summed E-state index contributed by atoms with van der Waals surface area (Å²) in [6.45, 7) is 4.05. The van der Waals surface area contributed by atoms with Gasteiger partial charge in [-0.25, -0.2) is 13.1 Å². The molecule has 0 unspecified atom stereocenters. The van der Waals surface area contributed by atoms with Crippen molar-refractivity contribution in [1.29, 1.82) is 0 Å². The summed E-state index contributed by atoms with van der Waals surface area (Å²) in [6, 6.07) is 4.12. The molecule has 1 heterocycles. The van der Waals surface area contributed by atoms with Gasteiger partial charge in [-0.15, -0.1) is 0 Å². The van der Waals surface area contributed by atoms with Crippen molar-refractivity contribution in [2.75, 3.05) is 59.2 Å². The van der Waals surface area contributed by atoms with Crippen molar-refractivity contribution in [2.45, 2.75) is 69.7 Å². The van der Waals surface area contributed by atoms with E-state index in [0.29, 0.717) is 53.1 Å². The van der Waals surface area contributed by atoms with Crippen LogP contribution in [0.15, 0.2) is 36.4 Å². The van der Waals surface area contributed by atoms with Crippen molar-refractivity contribution in [3.05, 3.63) is 47.5 Å². The Morgan fingerprint density at radius 3 is 2.18 bits per heavy atom. The fourth-order valence-corrected chi connectivity index (χ4v) is 7.46. The highest BCUT2D eigenvalue weighted by Gasteiger charge is 2.37. The molecule has 2 aromatic rings. The van der Waals surface area contributed by atoms with E-state index in [1.165, 1.54) is 20.9 Å². The van der Waals surface area contributed by atoms with Gasteiger partial charge in [0.25, 0.3) is 0 Å². The molecule has 316 valence electrons. The molecule has 0 spiro atoms. The molecule has 0 radical (unpaired) electrons. The number of hydrogen-bond donors (Lipinski definition) is 8. The lowest BCUT2D eigenvalue weighted by Crippen LogP contribution is -2.56. The van der Waals surface area contributed by atoms with Crippen molar-refractivity contribution >= 4 is 60.0 Å². The lowest BCUT2D eigenvalue weighted by molar-refractivity contribution is -0.141. The number of amides is 4. The number of carbonyl (C=O) groups is 5. The highest BCUT2D eigenvalue weighted by atomic mass is 127. The van der Waals surface area contributed by atoms with E-state index in [1.807, 2.05) is 0 Å². The lowest BCUT2D eigenvalue weighted by Gasteiger charge is -2.32. The van der Waals surface area contributed by atoms with Crippen LogP contribution in [0, 0.1) is 0 Å². The second-order valence-electron chi connectivity index (χ2n) is 13.6. The molecular formula is C37H56IN9O9S. The molecule has 4 amide bonds. The summed E-state index contributed by atoms with van der Waals surface area (Å²) in [5.41, 5.74) is 19.1. The van der Waals surface area contributed by atoms with E-state index in [9.17, 15) is 32.4 Å². The van der Waals surface area contributed by atoms with Crippen LogP contribution in [0.5, 0.6) is 11.5 Å². The molecule has 18 nitrogen and oxygen atoms in total. The molecule has 0 saturated heterocycles. The van der Waals surface area contributed by atoms with Crippen LogP contribution in [-0.4, -0.2) is 124 Å². The van der Waals surface area contributed by atoms with E-state index in [2.05, 4.69) is 26.0 Å². The number of fused-ring (bicyclic) bond motifs is 5. The van der Waals surface area contributed by atoms with Crippen LogP contribution < -0.4 is 52.7 Å². The Labute approximate surface area is 347 Å². The summed E-state index contributed by atoms with van der Waals surface area (Å²) in [5.74, 6) is -2.37. The van der Waals surface area contributed by atoms with Gasteiger partial charge in [-0.2, -0.15) is 0 Å². The monoisotopic (exact) mass is 929 g/mol. The van der Waals surface area contributed by atoms with Crippen molar-refractivity contribution in [2.24, 2.45) is 17.2 Å². The third kappa shape index (κ3) is 13.9. The Morgan fingerprint density at radius 2 is 1.58 bits per heavy atom. The first-order valence-electron chi connectivity index (χ1n) is 18.7. The molecule has 1 aliphatic rings. The first kappa shape index (κ1) is 47.4. The first-order valence-corrected chi connectivity index (χ1v) is 21.4. The van der Waals surface area contributed by atoms with E-state index in [1.54, 1.807) is 66.0 Å². The molecule has 1 aliphatic heterocycles. The summed E-state index contributed by atoms with van der Waals surface area (Å²) in [6.07, 6.45) is 1.03.